The van der Waals surface area contributed by atoms with Crippen LogP contribution in [-0.2, 0) is 5.88 Å². The largest absolute Gasteiger partial charge is 0.240 e. The first kappa shape index (κ1) is 11.5. The van der Waals surface area contributed by atoms with E-state index in [9.17, 15) is 8.78 Å². The van der Waals surface area contributed by atoms with Gasteiger partial charge in [0, 0.05) is 10.4 Å². The molecule has 0 N–H and O–H groups in total. The van der Waals surface area contributed by atoms with Crippen LogP contribution in [0.25, 0.3) is 11.3 Å². The molecule has 0 unspecified atom stereocenters. The fourth-order valence-corrected chi connectivity index (χ4v) is 2.45. The monoisotopic (exact) mass is 259 g/mol. The second kappa shape index (κ2) is 4.47. The SMILES string of the molecule is Cc1sc(CCl)nc1-c1ccc(F)c(F)c1. The average molecular weight is 260 g/mol. The first-order valence-electron chi connectivity index (χ1n) is 4.59. The Labute approximate surface area is 101 Å². The van der Waals surface area contributed by atoms with Crippen LogP contribution in [0.2, 0.25) is 0 Å². The summed E-state index contributed by atoms with van der Waals surface area (Å²) < 4.78 is 25.8. The van der Waals surface area contributed by atoms with Crippen LogP contribution >= 0.6 is 22.9 Å². The van der Waals surface area contributed by atoms with E-state index < -0.39 is 11.6 Å². The Morgan fingerprint density at radius 3 is 2.62 bits per heavy atom. The van der Waals surface area contributed by atoms with Gasteiger partial charge >= 0.3 is 0 Å². The molecule has 84 valence electrons. The van der Waals surface area contributed by atoms with Crippen molar-refractivity contribution < 1.29 is 8.78 Å². The number of rotatable bonds is 2. The Morgan fingerprint density at radius 1 is 1.31 bits per heavy atom. The van der Waals surface area contributed by atoms with Crippen LogP contribution < -0.4 is 0 Å². The third kappa shape index (κ3) is 2.08. The number of thiazole rings is 1. The standard InChI is InChI=1S/C11H8ClF2NS/c1-6-11(15-10(5-12)16-6)7-2-3-8(13)9(14)4-7/h2-4H,5H2,1H3. The van der Waals surface area contributed by atoms with Gasteiger partial charge in [-0.3, -0.25) is 0 Å². The minimum Gasteiger partial charge on any atom is -0.240 e. The number of hydrogen-bond donors (Lipinski definition) is 0. The van der Waals surface area contributed by atoms with Crippen molar-refractivity contribution in [1.82, 2.24) is 4.98 Å². The zero-order valence-corrected chi connectivity index (χ0v) is 10.0. The van der Waals surface area contributed by atoms with Crippen molar-refractivity contribution in [3.05, 3.63) is 39.7 Å². The normalized spacial score (nSPS) is 10.8. The van der Waals surface area contributed by atoms with Gasteiger partial charge < -0.3 is 0 Å². The maximum Gasteiger partial charge on any atom is 0.159 e. The Kier molecular flexibility index (Phi) is 3.21. The van der Waals surface area contributed by atoms with E-state index in [4.69, 9.17) is 11.6 Å². The van der Waals surface area contributed by atoms with Crippen LogP contribution in [-0.4, -0.2) is 4.98 Å². The van der Waals surface area contributed by atoms with Crippen molar-refractivity contribution in [3.8, 4) is 11.3 Å². The zero-order valence-electron chi connectivity index (χ0n) is 8.43. The van der Waals surface area contributed by atoms with Crippen molar-refractivity contribution in [1.29, 1.82) is 0 Å². The predicted octanol–water partition coefficient (Wildman–Crippen LogP) is 4.14. The molecular weight excluding hydrogens is 252 g/mol. The lowest BCUT2D eigenvalue weighted by atomic mass is 10.1. The van der Waals surface area contributed by atoms with Crippen molar-refractivity contribution in [2.75, 3.05) is 0 Å². The summed E-state index contributed by atoms with van der Waals surface area (Å²) in [6.45, 7) is 1.88. The summed E-state index contributed by atoms with van der Waals surface area (Å²) in [6, 6.07) is 3.76. The number of aromatic nitrogens is 1. The van der Waals surface area contributed by atoms with Crippen LogP contribution in [0.4, 0.5) is 8.78 Å². The van der Waals surface area contributed by atoms with Crippen LogP contribution in [0, 0.1) is 18.6 Å². The van der Waals surface area contributed by atoms with E-state index in [1.807, 2.05) is 6.92 Å². The van der Waals surface area contributed by atoms with Crippen molar-refractivity contribution in [3.63, 3.8) is 0 Å². The van der Waals surface area contributed by atoms with E-state index in [0.29, 0.717) is 17.1 Å². The molecule has 0 spiro atoms. The highest BCUT2D eigenvalue weighted by Gasteiger charge is 2.11. The summed E-state index contributed by atoms with van der Waals surface area (Å²) in [5.74, 6) is -1.39. The molecule has 2 aromatic rings. The third-order valence-corrected chi connectivity index (χ3v) is 3.53. The van der Waals surface area contributed by atoms with E-state index in [1.54, 1.807) is 0 Å². The van der Waals surface area contributed by atoms with Gasteiger partial charge in [-0.05, 0) is 25.1 Å². The molecule has 0 saturated carbocycles. The maximum atomic E-state index is 13.1. The summed E-state index contributed by atoms with van der Waals surface area (Å²) in [7, 11) is 0. The molecule has 1 nitrogen and oxygen atoms in total. The summed E-state index contributed by atoms with van der Waals surface area (Å²) >= 11 is 7.13. The molecule has 1 heterocycles. The minimum atomic E-state index is -0.864. The molecule has 1 aromatic carbocycles. The van der Waals surface area contributed by atoms with Crippen LogP contribution in [0.1, 0.15) is 9.88 Å². The summed E-state index contributed by atoms with van der Waals surface area (Å²) in [5, 5.41) is 0.777. The summed E-state index contributed by atoms with van der Waals surface area (Å²) in [6.07, 6.45) is 0. The first-order chi connectivity index (χ1) is 7.61. The second-order valence-electron chi connectivity index (χ2n) is 3.27. The number of benzene rings is 1. The molecule has 0 atom stereocenters. The maximum absolute atomic E-state index is 13.1. The molecule has 1 aromatic heterocycles. The van der Waals surface area contributed by atoms with E-state index in [0.717, 1.165) is 22.0 Å². The van der Waals surface area contributed by atoms with Gasteiger partial charge in [-0.1, -0.05) is 0 Å². The quantitative estimate of drug-likeness (QED) is 0.739. The van der Waals surface area contributed by atoms with Crippen LogP contribution in [0.5, 0.6) is 0 Å². The fraction of sp³-hybridized carbons (Fsp3) is 0.182. The molecule has 0 saturated heterocycles. The van der Waals surface area contributed by atoms with Crippen molar-refractivity contribution in [2.45, 2.75) is 12.8 Å². The molecule has 0 aliphatic heterocycles. The van der Waals surface area contributed by atoms with Crippen LogP contribution in [0.3, 0.4) is 0 Å². The van der Waals surface area contributed by atoms with Crippen LogP contribution in [0.15, 0.2) is 18.2 Å². The molecular formula is C11H8ClF2NS. The molecule has 0 amide bonds. The van der Waals surface area contributed by atoms with Gasteiger partial charge in [0.2, 0.25) is 0 Å². The number of aryl methyl sites for hydroxylation is 1. The number of alkyl halides is 1. The zero-order chi connectivity index (χ0) is 11.7. The summed E-state index contributed by atoms with van der Waals surface area (Å²) in [4.78, 5) is 5.21. The predicted molar refractivity (Wildman–Crippen MR) is 61.8 cm³/mol. The molecule has 5 heteroatoms. The van der Waals surface area contributed by atoms with Crippen molar-refractivity contribution >= 4 is 22.9 Å². The van der Waals surface area contributed by atoms with Gasteiger partial charge in [0.15, 0.2) is 11.6 Å². The molecule has 2 rings (SSSR count). The van der Waals surface area contributed by atoms with E-state index >= 15 is 0 Å². The van der Waals surface area contributed by atoms with E-state index in [1.165, 1.54) is 17.4 Å². The lowest BCUT2D eigenvalue weighted by Crippen LogP contribution is -1.87. The first-order valence-corrected chi connectivity index (χ1v) is 5.94. The lowest BCUT2D eigenvalue weighted by molar-refractivity contribution is 0.509. The number of halogens is 3. The van der Waals surface area contributed by atoms with Gasteiger partial charge in [0.05, 0.1) is 11.6 Å². The molecule has 16 heavy (non-hydrogen) atoms. The van der Waals surface area contributed by atoms with E-state index in [-0.39, 0.29) is 0 Å². The number of nitrogens with zero attached hydrogens (tertiary/aromatic N) is 1. The second-order valence-corrected chi connectivity index (χ2v) is 4.83. The Morgan fingerprint density at radius 2 is 2.06 bits per heavy atom. The van der Waals surface area contributed by atoms with Gasteiger partial charge in [-0.15, -0.1) is 22.9 Å². The Bertz CT molecular complexity index is 525. The minimum absolute atomic E-state index is 0.329. The molecule has 0 aliphatic rings. The van der Waals surface area contributed by atoms with Crippen molar-refractivity contribution in [2.24, 2.45) is 0 Å². The molecule has 0 aliphatic carbocycles. The highest BCUT2D eigenvalue weighted by Crippen LogP contribution is 2.29. The van der Waals surface area contributed by atoms with Gasteiger partial charge in [-0.25, -0.2) is 13.8 Å². The summed E-state index contributed by atoms with van der Waals surface area (Å²) in [5.41, 5.74) is 1.24. The highest BCUT2D eigenvalue weighted by atomic mass is 35.5. The molecule has 0 bridgehead atoms. The Balaban J connectivity index is 2.49. The van der Waals surface area contributed by atoms with Gasteiger partial charge in [-0.2, -0.15) is 0 Å². The Hall–Kier alpha value is -1.00. The smallest absolute Gasteiger partial charge is 0.159 e. The highest BCUT2D eigenvalue weighted by molar-refractivity contribution is 7.12. The average Bonchev–Trinajstić information content (AvgIpc) is 2.64. The third-order valence-electron chi connectivity index (χ3n) is 2.15. The lowest BCUT2D eigenvalue weighted by Gasteiger charge is -1.99. The molecule has 0 fully saturated rings. The topological polar surface area (TPSA) is 12.9 Å². The van der Waals surface area contributed by atoms with Gasteiger partial charge in [0.25, 0.3) is 0 Å². The molecule has 0 radical (unpaired) electrons. The van der Waals surface area contributed by atoms with Gasteiger partial charge in [0.1, 0.15) is 5.01 Å². The fourth-order valence-electron chi connectivity index (χ4n) is 1.42. The number of hydrogen-bond acceptors (Lipinski definition) is 2. The van der Waals surface area contributed by atoms with E-state index in [2.05, 4.69) is 4.98 Å².